The first kappa shape index (κ1) is 9.88. The van der Waals surface area contributed by atoms with Crippen molar-refractivity contribution in [3.63, 3.8) is 0 Å². The number of methoxy groups -OCH3 is 1. The summed E-state index contributed by atoms with van der Waals surface area (Å²) in [7, 11) is 1.53. The second kappa shape index (κ2) is 4.74. The molecule has 72 valence electrons. The molecule has 6 nitrogen and oxygen atoms in total. The number of benzene rings is 1. The van der Waals surface area contributed by atoms with Gasteiger partial charge in [-0.1, -0.05) is 0 Å². The minimum atomic E-state index is -0.988. The predicted octanol–water partition coefficient (Wildman–Crippen LogP) is 2.50. The Kier molecular flexibility index (Phi) is 3.34. The number of carbonyl (C=O) groups is 1. The van der Waals surface area contributed by atoms with E-state index in [4.69, 9.17) is 10.3 Å². The van der Waals surface area contributed by atoms with Gasteiger partial charge in [-0.25, -0.2) is 4.79 Å². The van der Waals surface area contributed by atoms with Crippen molar-refractivity contribution in [2.45, 2.75) is 0 Å². The number of ether oxygens (including phenoxy) is 2. The highest BCUT2D eigenvalue weighted by atomic mass is 16.6. The number of amides is 1. The van der Waals surface area contributed by atoms with Gasteiger partial charge in [-0.15, -0.1) is 0 Å². The lowest BCUT2D eigenvalue weighted by atomic mass is 10.3. The summed E-state index contributed by atoms with van der Waals surface area (Å²) < 4.78 is 9.54. The lowest BCUT2D eigenvalue weighted by Crippen LogP contribution is -2.00. The Morgan fingerprint density at radius 1 is 1.36 bits per heavy atom. The Morgan fingerprint density at radius 3 is 2.43 bits per heavy atom. The fourth-order valence-electron chi connectivity index (χ4n) is 0.802. The van der Waals surface area contributed by atoms with Gasteiger partial charge in [0.05, 0.1) is 7.11 Å². The van der Waals surface area contributed by atoms with Gasteiger partial charge in [-0.2, -0.15) is 0 Å². The minimum Gasteiger partial charge on any atom is -0.497 e. The van der Waals surface area contributed by atoms with Crippen LogP contribution in [0.25, 0.3) is 10.4 Å². The molecule has 0 aliphatic rings. The highest BCUT2D eigenvalue weighted by molar-refractivity contribution is 5.71. The van der Waals surface area contributed by atoms with Crippen molar-refractivity contribution >= 4 is 6.09 Å². The zero-order valence-electron chi connectivity index (χ0n) is 7.38. The Bertz CT molecular complexity index is 368. The third kappa shape index (κ3) is 2.69. The van der Waals surface area contributed by atoms with E-state index >= 15 is 0 Å². The van der Waals surface area contributed by atoms with Crippen molar-refractivity contribution in [3.05, 3.63) is 34.7 Å². The maximum absolute atomic E-state index is 10.7. The van der Waals surface area contributed by atoms with Gasteiger partial charge in [0.1, 0.15) is 11.5 Å². The molecule has 0 saturated heterocycles. The third-order valence-corrected chi connectivity index (χ3v) is 1.39. The van der Waals surface area contributed by atoms with Crippen molar-refractivity contribution in [1.29, 1.82) is 0 Å². The second-order valence-electron chi connectivity index (χ2n) is 2.23. The van der Waals surface area contributed by atoms with E-state index in [2.05, 4.69) is 14.8 Å². The number of nitrogens with zero attached hydrogens (tertiary/aromatic N) is 3. The lowest BCUT2D eigenvalue weighted by molar-refractivity contribution is 0.211. The molecule has 0 N–H and O–H groups in total. The summed E-state index contributed by atoms with van der Waals surface area (Å²) in [5.41, 5.74) is 7.93. The Morgan fingerprint density at radius 2 is 1.93 bits per heavy atom. The highest BCUT2D eigenvalue weighted by Gasteiger charge is 2.00. The topological polar surface area (TPSA) is 84.3 Å². The molecule has 0 unspecified atom stereocenters. The molecular weight excluding hydrogens is 186 g/mol. The fraction of sp³-hybridized carbons (Fsp3) is 0.125. The first-order valence-corrected chi connectivity index (χ1v) is 3.67. The standard InChI is InChI=1S/C8H7N3O3/c1-13-6-2-4-7(5-3-6)14-8(12)10-11-9/h2-5H,1H3. The van der Waals surface area contributed by atoms with E-state index in [1.807, 2.05) is 0 Å². The van der Waals surface area contributed by atoms with E-state index < -0.39 is 6.09 Å². The predicted molar refractivity (Wildman–Crippen MR) is 48.2 cm³/mol. The van der Waals surface area contributed by atoms with Crippen molar-refractivity contribution in [3.8, 4) is 11.5 Å². The van der Waals surface area contributed by atoms with Crippen LogP contribution in [0, 0.1) is 0 Å². The largest absolute Gasteiger partial charge is 0.497 e. The van der Waals surface area contributed by atoms with Crippen LogP contribution >= 0.6 is 0 Å². The molecule has 1 amide bonds. The zero-order valence-corrected chi connectivity index (χ0v) is 7.38. The van der Waals surface area contributed by atoms with E-state index in [0.29, 0.717) is 11.5 Å². The molecule has 0 aliphatic heterocycles. The van der Waals surface area contributed by atoms with Crippen molar-refractivity contribution in [2.75, 3.05) is 7.11 Å². The van der Waals surface area contributed by atoms with Crippen LogP contribution in [-0.4, -0.2) is 13.2 Å². The summed E-state index contributed by atoms with van der Waals surface area (Å²) in [6.45, 7) is 0. The summed E-state index contributed by atoms with van der Waals surface area (Å²) in [6.07, 6.45) is -0.988. The monoisotopic (exact) mass is 193 g/mol. The Balaban J connectivity index is 2.68. The molecule has 1 aromatic carbocycles. The van der Waals surface area contributed by atoms with Crippen LogP contribution < -0.4 is 9.47 Å². The van der Waals surface area contributed by atoms with E-state index in [-0.39, 0.29) is 0 Å². The molecule has 0 saturated carbocycles. The first-order valence-electron chi connectivity index (χ1n) is 3.67. The van der Waals surface area contributed by atoms with Crippen LogP contribution in [0.3, 0.4) is 0 Å². The van der Waals surface area contributed by atoms with Gasteiger partial charge < -0.3 is 9.47 Å². The fourth-order valence-corrected chi connectivity index (χ4v) is 0.802. The van der Waals surface area contributed by atoms with E-state index in [9.17, 15) is 4.79 Å². The van der Waals surface area contributed by atoms with E-state index in [1.165, 1.54) is 19.2 Å². The molecule has 1 rings (SSSR count). The second-order valence-corrected chi connectivity index (χ2v) is 2.23. The molecule has 0 aliphatic carbocycles. The van der Waals surface area contributed by atoms with Gasteiger partial charge in [0.15, 0.2) is 0 Å². The van der Waals surface area contributed by atoms with Crippen LogP contribution in [0.15, 0.2) is 29.4 Å². The smallest absolute Gasteiger partial charge is 0.402 e. The van der Waals surface area contributed by atoms with Gasteiger partial charge in [0, 0.05) is 10.0 Å². The molecule has 0 spiro atoms. The third-order valence-electron chi connectivity index (χ3n) is 1.39. The maximum Gasteiger partial charge on any atom is 0.402 e. The molecule has 0 atom stereocenters. The molecule has 0 radical (unpaired) electrons. The van der Waals surface area contributed by atoms with Gasteiger partial charge in [-0.05, 0) is 29.8 Å². The number of rotatable bonds is 2. The highest BCUT2D eigenvalue weighted by Crippen LogP contribution is 2.17. The minimum absolute atomic E-state index is 0.295. The molecule has 0 bridgehead atoms. The number of hydrogen-bond acceptors (Lipinski definition) is 3. The van der Waals surface area contributed by atoms with Gasteiger partial charge in [-0.3, -0.25) is 0 Å². The number of carbonyl (C=O) groups excluding carboxylic acids is 1. The van der Waals surface area contributed by atoms with E-state index in [1.54, 1.807) is 12.1 Å². The summed E-state index contributed by atoms with van der Waals surface area (Å²) in [5, 5.41) is 2.75. The van der Waals surface area contributed by atoms with Crippen LogP contribution in [0.4, 0.5) is 4.79 Å². The maximum atomic E-state index is 10.7. The molecular formula is C8H7N3O3. The average Bonchev–Trinajstić information content (AvgIpc) is 2.19. The summed E-state index contributed by atoms with van der Waals surface area (Å²) in [6, 6.07) is 6.31. The Hall–Kier alpha value is -2.20. The molecule has 0 heterocycles. The van der Waals surface area contributed by atoms with Gasteiger partial charge in [0.2, 0.25) is 0 Å². The van der Waals surface area contributed by atoms with Crippen LogP contribution in [0.2, 0.25) is 0 Å². The van der Waals surface area contributed by atoms with E-state index in [0.717, 1.165) is 0 Å². The van der Waals surface area contributed by atoms with Gasteiger partial charge >= 0.3 is 6.09 Å². The summed E-state index contributed by atoms with van der Waals surface area (Å²) in [5.74, 6) is 0.941. The van der Waals surface area contributed by atoms with Crippen molar-refractivity contribution in [1.82, 2.24) is 0 Å². The molecule has 0 aromatic heterocycles. The summed E-state index contributed by atoms with van der Waals surface area (Å²) in [4.78, 5) is 13.0. The Labute approximate surface area is 79.7 Å². The van der Waals surface area contributed by atoms with Crippen molar-refractivity contribution in [2.24, 2.45) is 5.11 Å². The number of hydrogen-bond donors (Lipinski definition) is 0. The molecule has 1 aromatic rings. The number of azide groups is 1. The quantitative estimate of drug-likeness (QED) is 0.410. The van der Waals surface area contributed by atoms with Crippen LogP contribution in [0.5, 0.6) is 11.5 Å². The lowest BCUT2D eigenvalue weighted by Gasteiger charge is -2.01. The summed E-state index contributed by atoms with van der Waals surface area (Å²) >= 11 is 0. The molecule has 0 fully saturated rings. The molecule has 14 heavy (non-hydrogen) atoms. The first-order chi connectivity index (χ1) is 6.76. The molecule has 6 heteroatoms. The zero-order chi connectivity index (χ0) is 10.4. The van der Waals surface area contributed by atoms with Crippen LogP contribution in [0.1, 0.15) is 0 Å². The van der Waals surface area contributed by atoms with Gasteiger partial charge in [0.25, 0.3) is 0 Å². The van der Waals surface area contributed by atoms with Crippen LogP contribution in [-0.2, 0) is 0 Å². The normalized spacial score (nSPS) is 8.64. The van der Waals surface area contributed by atoms with Crippen molar-refractivity contribution < 1.29 is 14.3 Å². The SMILES string of the molecule is COc1ccc(OC(=O)N=[N+]=[N-])cc1. The average molecular weight is 193 g/mol.